The van der Waals surface area contributed by atoms with E-state index in [1.807, 2.05) is 6.92 Å². The highest BCUT2D eigenvalue weighted by Crippen LogP contribution is 2.32. The first kappa shape index (κ1) is 15.4. The molecule has 0 radical (unpaired) electrons. The van der Waals surface area contributed by atoms with Crippen LogP contribution in [0.1, 0.15) is 18.9 Å². The monoisotopic (exact) mass is 298 g/mol. The molecule has 0 aliphatic carbocycles. The highest BCUT2D eigenvalue weighted by atomic mass is 19.4. The smallest absolute Gasteiger partial charge is 0.378 e. The second-order valence-electron chi connectivity index (χ2n) is 5.48. The van der Waals surface area contributed by atoms with E-state index in [1.54, 1.807) is 11.0 Å². The van der Waals surface area contributed by atoms with Gasteiger partial charge in [0.1, 0.15) is 0 Å². The average Bonchev–Trinajstić information content (AvgIpc) is 2.79. The molecule has 1 aromatic rings. The van der Waals surface area contributed by atoms with Gasteiger partial charge in [-0.15, -0.1) is 0 Å². The number of carbonyl (C=O) groups is 1. The van der Waals surface area contributed by atoms with Gasteiger partial charge in [-0.05, 0) is 37.6 Å². The fourth-order valence-corrected chi connectivity index (χ4v) is 2.50. The molecular formula is C15H17F3N2O. The van der Waals surface area contributed by atoms with Crippen molar-refractivity contribution in [2.75, 3.05) is 18.4 Å². The maximum atomic E-state index is 12.7. The minimum atomic E-state index is -4.36. The maximum absolute atomic E-state index is 12.7. The van der Waals surface area contributed by atoms with E-state index in [0.29, 0.717) is 25.2 Å². The summed E-state index contributed by atoms with van der Waals surface area (Å²) in [6.07, 6.45) is -2.45. The summed E-state index contributed by atoms with van der Waals surface area (Å²) in [5.41, 5.74) is -0.726. The van der Waals surface area contributed by atoms with Crippen LogP contribution in [0.4, 0.5) is 18.9 Å². The Hall–Kier alpha value is -1.98. The zero-order valence-electron chi connectivity index (χ0n) is 11.7. The molecule has 21 heavy (non-hydrogen) atoms. The molecule has 1 saturated heterocycles. The number of rotatable bonds is 3. The number of amides is 1. The first-order valence-corrected chi connectivity index (χ1v) is 6.60. The summed E-state index contributed by atoms with van der Waals surface area (Å²) in [5.74, 6) is -0.162. The molecule has 0 bridgehead atoms. The lowest BCUT2D eigenvalue weighted by Crippen LogP contribution is -2.39. The summed E-state index contributed by atoms with van der Waals surface area (Å²) in [7, 11) is 0. The van der Waals surface area contributed by atoms with Gasteiger partial charge in [-0.25, -0.2) is 0 Å². The Balaban J connectivity index is 2.12. The van der Waals surface area contributed by atoms with Gasteiger partial charge in [0.2, 0.25) is 5.91 Å². The van der Waals surface area contributed by atoms with Gasteiger partial charge in [0.15, 0.2) is 0 Å². The van der Waals surface area contributed by atoms with Crippen molar-refractivity contribution >= 4 is 11.6 Å². The van der Waals surface area contributed by atoms with Crippen molar-refractivity contribution in [3.63, 3.8) is 0 Å². The molecule has 0 spiro atoms. The van der Waals surface area contributed by atoms with Gasteiger partial charge in [0, 0.05) is 18.8 Å². The molecule has 0 aromatic heterocycles. The van der Waals surface area contributed by atoms with Crippen molar-refractivity contribution in [3.05, 3.63) is 42.5 Å². The van der Waals surface area contributed by atoms with E-state index >= 15 is 0 Å². The highest BCUT2D eigenvalue weighted by Gasteiger charge is 2.36. The van der Waals surface area contributed by atoms with Crippen LogP contribution in [0.3, 0.4) is 0 Å². The van der Waals surface area contributed by atoms with Gasteiger partial charge in [0.05, 0.1) is 11.1 Å². The number of alkyl halides is 3. The number of halogens is 3. The molecule has 1 heterocycles. The van der Waals surface area contributed by atoms with E-state index < -0.39 is 17.3 Å². The molecule has 1 amide bonds. The minimum Gasteiger partial charge on any atom is -0.378 e. The van der Waals surface area contributed by atoms with E-state index in [2.05, 4.69) is 11.9 Å². The van der Waals surface area contributed by atoms with Crippen LogP contribution in [0.25, 0.3) is 0 Å². The molecule has 1 atom stereocenters. The molecule has 3 nitrogen and oxygen atoms in total. The number of hydrogen-bond donors (Lipinski definition) is 1. The first-order chi connectivity index (χ1) is 9.73. The van der Waals surface area contributed by atoms with Crippen LogP contribution in [-0.4, -0.2) is 29.4 Å². The lowest BCUT2D eigenvalue weighted by Gasteiger charge is -2.27. The Morgan fingerprint density at radius 3 is 2.81 bits per heavy atom. The van der Waals surface area contributed by atoms with Crippen molar-refractivity contribution in [2.45, 2.75) is 25.1 Å². The fourth-order valence-electron chi connectivity index (χ4n) is 2.50. The van der Waals surface area contributed by atoms with Crippen LogP contribution >= 0.6 is 0 Å². The summed E-state index contributed by atoms with van der Waals surface area (Å²) in [6.45, 7) is 6.33. The third-order valence-corrected chi connectivity index (χ3v) is 3.60. The van der Waals surface area contributed by atoms with Crippen LogP contribution in [0.5, 0.6) is 0 Å². The average molecular weight is 298 g/mol. The number of carbonyl (C=O) groups excluding carboxylic acids is 1. The summed E-state index contributed by atoms with van der Waals surface area (Å²) >= 11 is 0. The van der Waals surface area contributed by atoms with Gasteiger partial charge in [-0.2, -0.15) is 13.2 Å². The fraction of sp³-hybridized carbons (Fsp3) is 0.400. The first-order valence-electron chi connectivity index (χ1n) is 6.60. The normalized spacial score (nSPS) is 22.2. The van der Waals surface area contributed by atoms with E-state index in [9.17, 15) is 18.0 Å². The van der Waals surface area contributed by atoms with Crippen molar-refractivity contribution in [1.29, 1.82) is 0 Å². The van der Waals surface area contributed by atoms with Crippen LogP contribution < -0.4 is 5.32 Å². The molecule has 2 rings (SSSR count). The molecule has 1 aliphatic rings. The molecule has 1 aromatic carbocycles. The number of benzene rings is 1. The molecule has 1 fully saturated rings. The third kappa shape index (κ3) is 3.56. The number of anilines is 1. The second kappa shape index (κ2) is 5.42. The van der Waals surface area contributed by atoms with E-state index in [0.717, 1.165) is 12.1 Å². The molecule has 0 saturated carbocycles. The van der Waals surface area contributed by atoms with E-state index in [4.69, 9.17) is 0 Å². The van der Waals surface area contributed by atoms with Crippen LogP contribution in [0.15, 0.2) is 36.9 Å². The van der Waals surface area contributed by atoms with Crippen molar-refractivity contribution in [3.8, 4) is 0 Å². The number of nitrogens with zero attached hydrogens (tertiary/aromatic N) is 1. The Morgan fingerprint density at radius 2 is 2.19 bits per heavy atom. The lowest BCUT2D eigenvalue weighted by molar-refractivity contribution is -0.137. The minimum absolute atomic E-state index is 0.162. The Morgan fingerprint density at radius 1 is 1.48 bits per heavy atom. The number of hydrogen-bond acceptors (Lipinski definition) is 2. The van der Waals surface area contributed by atoms with Crippen molar-refractivity contribution in [1.82, 2.24) is 4.90 Å². The van der Waals surface area contributed by atoms with Gasteiger partial charge >= 0.3 is 6.18 Å². The second-order valence-corrected chi connectivity index (χ2v) is 5.48. The third-order valence-electron chi connectivity index (χ3n) is 3.60. The molecule has 6 heteroatoms. The van der Waals surface area contributed by atoms with Crippen LogP contribution in [0, 0.1) is 0 Å². The molecule has 1 N–H and O–H groups in total. The SMILES string of the molecule is C=CC(=O)N1CCC(C)(Nc2cccc(C(F)(F)F)c2)C1. The largest absolute Gasteiger partial charge is 0.416 e. The van der Waals surface area contributed by atoms with E-state index in [-0.39, 0.29) is 5.91 Å². The van der Waals surface area contributed by atoms with Gasteiger partial charge < -0.3 is 10.2 Å². The summed E-state index contributed by atoms with van der Waals surface area (Å²) < 4.78 is 38.1. The molecule has 1 aliphatic heterocycles. The van der Waals surface area contributed by atoms with Crippen LogP contribution in [0.2, 0.25) is 0 Å². The topological polar surface area (TPSA) is 32.3 Å². The van der Waals surface area contributed by atoms with Crippen molar-refractivity contribution in [2.24, 2.45) is 0 Å². The van der Waals surface area contributed by atoms with Gasteiger partial charge in [-0.3, -0.25) is 4.79 Å². The van der Waals surface area contributed by atoms with E-state index in [1.165, 1.54) is 12.1 Å². The van der Waals surface area contributed by atoms with Crippen LogP contribution in [-0.2, 0) is 11.0 Å². The zero-order chi connectivity index (χ0) is 15.7. The van der Waals surface area contributed by atoms with Crippen molar-refractivity contribution < 1.29 is 18.0 Å². The summed E-state index contributed by atoms with van der Waals surface area (Å²) in [4.78, 5) is 13.2. The molecule has 1 unspecified atom stereocenters. The predicted octanol–water partition coefficient (Wildman–Crippen LogP) is 3.29. The summed E-state index contributed by atoms with van der Waals surface area (Å²) in [6, 6.07) is 5.09. The zero-order valence-corrected chi connectivity index (χ0v) is 11.7. The predicted molar refractivity (Wildman–Crippen MR) is 74.9 cm³/mol. The maximum Gasteiger partial charge on any atom is 0.416 e. The van der Waals surface area contributed by atoms with Gasteiger partial charge in [0.25, 0.3) is 0 Å². The Labute approximate surface area is 121 Å². The van der Waals surface area contributed by atoms with Gasteiger partial charge in [-0.1, -0.05) is 12.6 Å². The number of likely N-dealkylation sites (tertiary alicyclic amines) is 1. The quantitative estimate of drug-likeness (QED) is 0.868. The molecular weight excluding hydrogens is 281 g/mol. The lowest BCUT2D eigenvalue weighted by atomic mass is 10.0. The standard InChI is InChI=1S/C15H17F3N2O/c1-3-13(21)20-8-7-14(2,10-20)19-12-6-4-5-11(9-12)15(16,17)18/h3-6,9,19H,1,7-8,10H2,2H3. The Kier molecular flexibility index (Phi) is 3.98. The summed E-state index contributed by atoms with van der Waals surface area (Å²) in [5, 5.41) is 3.11. The highest BCUT2D eigenvalue weighted by molar-refractivity contribution is 5.87. The number of nitrogens with one attached hydrogen (secondary N) is 1. The molecule has 114 valence electrons. The Bertz CT molecular complexity index is 556.